The summed E-state index contributed by atoms with van der Waals surface area (Å²) in [5, 5.41) is 13.9. The Hall–Kier alpha value is -3.55. The highest BCUT2D eigenvalue weighted by molar-refractivity contribution is 6.24. The minimum Gasteiger partial charge on any atom is -0.324 e. The van der Waals surface area contributed by atoms with E-state index >= 15 is 0 Å². The van der Waals surface area contributed by atoms with Crippen LogP contribution in [0.15, 0.2) is 36.4 Å². The van der Waals surface area contributed by atoms with Gasteiger partial charge in [0.2, 0.25) is 5.91 Å². The van der Waals surface area contributed by atoms with Gasteiger partial charge in [0.15, 0.2) is 0 Å². The van der Waals surface area contributed by atoms with Crippen LogP contribution in [0, 0.1) is 17.0 Å². The van der Waals surface area contributed by atoms with Crippen molar-refractivity contribution < 1.29 is 19.3 Å². The van der Waals surface area contributed by atoms with Crippen molar-refractivity contribution in [2.24, 2.45) is 0 Å². The molecule has 8 nitrogen and oxygen atoms in total. The molecule has 0 spiro atoms. The number of rotatable bonds is 5. The second-order valence-corrected chi connectivity index (χ2v) is 6.90. The number of fused-ring (bicyclic) bond motifs is 1. The number of para-hydroxylation sites is 1. The third-order valence-corrected chi connectivity index (χ3v) is 4.67. The highest BCUT2D eigenvalue weighted by Crippen LogP contribution is 2.31. The maximum Gasteiger partial charge on any atom is 0.282 e. The number of amides is 3. The summed E-state index contributed by atoms with van der Waals surface area (Å²) in [5.41, 5.74) is 1.66. The van der Waals surface area contributed by atoms with Gasteiger partial charge in [0.05, 0.1) is 10.5 Å². The summed E-state index contributed by atoms with van der Waals surface area (Å²) in [4.78, 5) is 48.9. The SMILES string of the molecule is Cc1cccc(C(C)C)c1NC(=O)CN1C(=O)c2cccc([N+](=O)[O-])c2C1=O. The molecule has 3 rings (SSSR count). The van der Waals surface area contributed by atoms with Crippen LogP contribution in [-0.2, 0) is 4.79 Å². The van der Waals surface area contributed by atoms with Gasteiger partial charge in [-0.25, -0.2) is 0 Å². The number of carbonyl (C=O) groups is 3. The quantitative estimate of drug-likeness (QED) is 0.486. The molecule has 2 aromatic rings. The summed E-state index contributed by atoms with van der Waals surface area (Å²) < 4.78 is 0. The molecule has 0 atom stereocenters. The molecular weight excluding hydrogens is 362 g/mol. The number of nitro groups is 1. The predicted molar refractivity (Wildman–Crippen MR) is 102 cm³/mol. The normalized spacial score (nSPS) is 13.1. The standard InChI is InChI=1S/C20H19N3O5/c1-11(2)13-7-4-6-12(3)18(13)21-16(24)10-22-19(25)14-8-5-9-15(23(27)28)17(14)20(22)26/h4-9,11H,10H2,1-3H3,(H,21,24). The Labute approximate surface area is 161 Å². The van der Waals surface area contributed by atoms with Crippen molar-refractivity contribution in [2.75, 3.05) is 11.9 Å². The lowest BCUT2D eigenvalue weighted by atomic mass is 9.98. The lowest BCUT2D eigenvalue weighted by Gasteiger charge is -2.18. The summed E-state index contributed by atoms with van der Waals surface area (Å²) in [6, 6.07) is 9.50. The van der Waals surface area contributed by atoms with Crippen molar-refractivity contribution >= 4 is 29.1 Å². The average Bonchev–Trinajstić information content (AvgIpc) is 2.88. The number of anilines is 1. The number of nitro benzene ring substituents is 1. The molecule has 1 N–H and O–H groups in total. The molecule has 0 radical (unpaired) electrons. The van der Waals surface area contributed by atoms with Gasteiger partial charge in [0, 0.05) is 11.8 Å². The van der Waals surface area contributed by atoms with E-state index in [2.05, 4.69) is 5.32 Å². The first-order valence-electron chi connectivity index (χ1n) is 8.75. The van der Waals surface area contributed by atoms with Gasteiger partial charge >= 0.3 is 0 Å². The second kappa shape index (κ2) is 7.22. The number of imide groups is 1. The molecule has 3 amide bonds. The van der Waals surface area contributed by atoms with Crippen molar-refractivity contribution in [1.29, 1.82) is 0 Å². The summed E-state index contributed by atoms with van der Waals surface area (Å²) >= 11 is 0. The van der Waals surface area contributed by atoms with Crippen molar-refractivity contribution in [2.45, 2.75) is 26.7 Å². The molecule has 1 aliphatic rings. The monoisotopic (exact) mass is 381 g/mol. The van der Waals surface area contributed by atoms with Crippen LogP contribution >= 0.6 is 0 Å². The largest absolute Gasteiger partial charge is 0.324 e. The van der Waals surface area contributed by atoms with Crippen LogP contribution in [0.2, 0.25) is 0 Å². The summed E-state index contributed by atoms with van der Waals surface area (Å²) in [6.07, 6.45) is 0. The van der Waals surface area contributed by atoms with Gasteiger partial charge in [0.1, 0.15) is 12.1 Å². The fourth-order valence-corrected chi connectivity index (χ4v) is 3.28. The van der Waals surface area contributed by atoms with E-state index in [4.69, 9.17) is 0 Å². The molecule has 144 valence electrons. The fraction of sp³-hybridized carbons (Fsp3) is 0.250. The van der Waals surface area contributed by atoms with Crippen molar-refractivity contribution in [3.05, 3.63) is 68.8 Å². The van der Waals surface area contributed by atoms with E-state index in [-0.39, 0.29) is 17.0 Å². The first-order valence-corrected chi connectivity index (χ1v) is 8.75. The van der Waals surface area contributed by atoms with E-state index in [0.717, 1.165) is 22.1 Å². The lowest BCUT2D eigenvalue weighted by Crippen LogP contribution is -2.37. The van der Waals surface area contributed by atoms with Gasteiger partial charge in [-0.1, -0.05) is 38.1 Å². The van der Waals surface area contributed by atoms with Gasteiger partial charge in [0.25, 0.3) is 17.5 Å². The Morgan fingerprint density at radius 2 is 1.82 bits per heavy atom. The number of nitrogens with zero attached hydrogens (tertiary/aromatic N) is 2. The van der Waals surface area contributed by atoms with E-state index in [0.29, 0.717) is 5.69 Å². The molecule has 1 heterocycles. The van der Waals surface area contributed by atoms with E-state index in [1.54, 1.807) is 0 Å². The number of carbonyl (C=O) groups excluding carboxylic acids is 3. The number of hydrogen-bond acceptors (Lipinski definition) is 5. The third kappa shape index (κ3) is 3.24. The van der Waals surface area contributed by atoms with Gasteiger partial charge in [-0.05, 0) is 30.0 Å². The number of aryl methyl sites for hydroxylation is 1. The summed E-state index contributed by atoms with van der Waals surface area (Å²) in [6.45, 7) is 5.32. The van der Waals surface area contributed by atoms with Crippen LogP contribution in [0.5, 0.6) is 0 Å². The van der Waals surface area contributed by atoms with E-state index in [1.807, 2.05) is 39.0 Å². The Morgan fingerprint density at radius 1 is 1.14 bits per heavy atom. The zero-order valence-electron chi connectivity index (χ0n) is 15.7. The molecule has 0 bridgehead atoms. The highest BCUT2D eigenvalue weighted by Gasteiger charge is 2.41. The smallest absolute Gasteiger partial charge is 0.282 e. The van der Waals surface area contributed by atoms with Crippen molar-refractivity contribution in [1.82, 2.24) is 4.90 Å². The zero-order valence-corrected chi connectivity index (χ0v) is 15.7. The second-order valence-electron chi connectivity index (χ2n) is 6.90. The summed E-state index contributed by atoms with van der Waals surface area (Å²) in [5.74, 6) is -1.94. The Balaban J connectivity index is 1.85. The fourth-order valence-electron chi connectivity index (χ4n) is 3.28. The first-order chi connectivity index (χ1) is 13.2. The van der Waals surface area contributed by atoms with E-state index in [1.165, 1.54) is 12.1 Å². The molecule has 8 heteroatoms. The molecule has 0 aromatic heterocycles. The Kier molecular flexibility index (Phi) is 4.96. The maximum atomic E-state index is 12.6. The van der Waals surface area contributed by atoms with Crippen molar-refractivity contribution in [3.63, 3.8) is 0 Å². The minimum absolute atomic E-state index is 0.0641. The van der Waals surface area contributed by atoms with Crippen LogP contribution in [0.3, 0.4) is 0 Å². The molecule has 0 saturated heterocycles. The predicted octanol–water partition coefficient (Wildman–Crippen LogP) is 3.26. The van der Waals surface area contributed by atoms with E-state index < -0.39 is 34.9 Å². The lowest BCUT2D eigenvalue weighted by molar-refractivity contribution is -0.385. The van der Waals surface area contributed by atoms with Gasteiger partial charge in [-0.3, -0.25) is 29.4 Å². The number of nitrogens with one attached hydrogen (secondary N) is 1. The molecule has 0 fully saturated rings. The van der Waals surface area contributed by atoms with Crippen LogP contribution in [0.1, 0.15) is 51.6 Å². The molecule has 0 saturated carbocycles. The van der Waals surface area contributed by atoms with E-state index in [9.17, 15) is 24.5 Å². The van der Waals surface area contributed by atoms with Crippen LogP contribution in [-0.4, -0.2) is 34.1 Å². The topological polar surface area (TPSA) is 110 Å². The van der Waals surface area contributed by atoms with Crippen LogP contribution in [0.25, 0.3) is 0 Å². The molecule has 2 aromatic carbocycles. The molecular formula is C20H19N3O5. The molecule has 0 unspecified atom stereocenters. The Morgan fingerprint density at radius 3 is 2.46 bits per heavy atom. The highest BCUT2D eigenvalue weighted by atomic mass is 16.6. The zero-order chi connectivity index (χ0) is 20.6. The molecule has 1 aliphatic heterocycles. The molecule has 28 heavy (non-hydrogen) atoms. The number of hydrogen-bond donors (Lipinski definition) is 1. The number of benzene rings is 2. The third-order valence-electron chi connectivity index (χ3n) is 4.67. The minimum atomic E-state index is -0.837. The maximum absolute atomic E-state index is 12.6. The average molecular weight is 381 g/mol. The van der Waals surface area contributed by atoms with Crippen LogP contribution < -0.4 is 5.32 Å². The Bertz CT molecular complexity index is 1010. The summed E-state index contributed by atoms with van der Waals surface area (Å²) in [7, 11) is 0. The van der Waals surface area contributed by atoms with Crippen LogP contribution in [0.4, 0.5) is 11.4 Å². The molecule has 0 aliphatic carbocycles. The first kappa shape index (κ1) is 19.2. The van der Waals surface area contributed by atoms with Crippen molar-refractivity contribution in [3.8, 4) is 0 Å². The van der Waals surface area contributed by atoms with Gasteiger partial charge < -0.3 is 5.32 Å². The van der Waals surface area contributed by atoms with Gasteiger partial charge in [-0.15, -0.1) is 0 Å². The van der Waals surface area contributed by atoms with Gasteiger partial charge in [-0.2, -0.15) is 0 Å².